The van der Waals surface area contributed by atoms with Gasteiger partial charge in [-0.15, -0.1) is 13.2 Å². The molecule has 6 heteroatoms. The highest BCUT2D eigenvalue weighted by Gasteiger charge is 2.31. The summed E-state index contributed by atoms with van der Waals surface area (Å²) in [6.07, 6.45) is -3.28. The molecule has 0 atom stereocenters. The number of hydrogen-bond acceptors (Lipinski definition) is 3. The molecule has 0 saturated carbocycles. The highest BCUT2D eigenvalue weighted by atomic mass is 19.4. The van der Waals surface area contributed by atoms with Gasteiger partial charge in [-0.25, -0.2) is 4.98 Å². The average Bonchev–Trinajstić information content (AvgIpc) is 2.03. The van der Waals surface area contributed by atoms with Crippen LogP contribution >= 0.6 is 0 Å². The molecule has 0 aliphatic rings. The van der Waals surface area contributed by atoms with Gasteiger partial charge >= 0.3 is 6.36 Å². The van der Waals surface area contributed by atoms with Crippen molar-refractivity contribution in [1.82, 2.24) is 4.98 Å². The third-order valence-corrected chi connectivity index (χ3v) is 1.12. The Hall–Kier alpha value is -1.59. The zero-order valence-electron chi connectivity index (χ0n) is 6.21. The molecule has 1 rings (SSSR count). The number of ether oxygens (including phenoxy) is 1. The lowest BCUT2D eigenvalue weighted by Gasteiger charge is -2.06. The van der Waals surface area contributed by atoms with Crippen molar-refractivity contribution in [2.24, 2.45) is 0 Å². The Bertz CT molecular complexity index is 294. The Morgan fingerprint density at radius 3 is 2.46 bits per heavy atom. The van der Waals surface area contributed by atoms with Crippen LogP contribution in [0.5, 0.6) is 5.88 Å². The van der Waals surface area contributed by atoms with Gasteiger partial charge in [0, 0.05) is 17.8 Å². The Balaban J connectivity index is 2.75. The highest BCUT2D eigenvalue weighted by Crippen LogP contribution is 2.19. The van der Waals surface area contributed by atoms with E-state index in [2.05, 4.69) is 9.72 Å². The van der Waals surface area contributed by atoms with E-state index in [0.717, 1.165) is 12.3 Å². The van der Waals surface area contributed by atoms with E-state index in [1.807, 2.05) is 0 Å². The molecular formula is C7H4F3NO2. The first kappa shape index (κ1) is 9.50. The maximum absolute atomic E-state index is 11.6. The maximum Gasteiger partial charge on any atom is 0.574 e. The molecule has 0 unspecified atom stereocenters. The lowest BCUT2D eigenvalue weighted by atomic mass is 10.3. The van der Waals surface area contributed by atoms with Gasteiger partial charge in [-0.1, -0.05) is 0 Å². The van der Waals surface area contributed by atoms with Gasteiger partial charge in [0.25, 0.3) is 0 Å². The highest BCUT2D eigenvalue weighted by molar-refractivity contribution is 5.73. The van der Waals surface area contributed by atoms with Gasteiger partial charge in [-0.05, 0) is 6.07 Å². The van der Waals surface area contributed by atoms with Crippen LogP contribution in [0.2, 0.25) is 0 Å². The molecule has 0 aliphatic carbocycles. The Labute approximate surface area is 71.2 Å². The summed E-state index contributed by atoms with van der Waals surface area (Å²) in [4.78, 5) is 13.4. The largest absolute Gasteiger partial charge is 0.574 e. The van der Waals surface area contributed by atoms with Crippen LogP contribution in [0, 0.1) is 0 Å². The van der Waals surface area contributed by atoms with E-state index in [4.69, 9.17) is 0 Å². The molecule has 0 N–H and O–H groups in total. The van der Waals surface area contributed by atoms with E-state index in [9.17, 15) is 18.0 Å². The second-order valence-electron chi connectivity index (χ2n) is 2.10. The number of alkyl halides is 3. The predicted octanol–water partition coefficient (Wildman–Crippen LogP) is 1.79. The number of aromatic nitrogens is 1. The number of pyridine rings is 1. The Morgan fingerprint density at radius 2 is 2.08 bits per heavy atom. The van der Waals surface area contributed by atoms with E-state index >= 15 is 0 Å². The van der Waals surface area contributed by atoms with E-state index in [-0.39, 0.29) is 5.56 Å². The second-order valence-corrected chi connectivity index (χ2v) is 2.10. The normalized spacial score (nSPS) is 11.0. The fraction of sp³-hybridized carbons (Fsp3) is 0.143. The van der Waals surface area contributed by atoms with Crippen LogP contribution in [0.25, 0.3) is 0 Å². The number of halogens is 3. The lowest BCUT2D eigenvalue weighted by molar-refractivity contribution is -0.276. The van der Waals surface area contributed by atoms with E-state index in [1.54, 1.807) is 0 Å². The lowest BCUT2D eigenvalue weighted by Crippen LogP contribution is -2.17. The van der Waals surface area contributed by atoms with Crippen molar-refractivity contribution in [2.75, 3.05) is 0 Å². The van der Waals surface area contributed by atoms with Crippen molar-refractivity contribution in [3.05, 3.63) is 23.9 Å². The van der Waals surface area contributed by atoms with Crippen LogP contribution < -0.4 is 4.74 Å². The molecule has 0 saturated heterocycles. The van der Waals surface area contributed by atoms with Crippen LogP contribution in [0.3, 0.4) is 0 Å². The number of carbonyl (C=O) groups is 1. The van der Waals surface area contributed by atoms with Gasteiger partial charge in [-0.3, -0.25) is 4.79 Å². The van der Waals surface area contributed by atoms with Crippen molar-refractivity contribution < 1.29 is 22.7 Å². The molecule has 70 valence electrons. The number of rotatable bonds is 2. The van der Waals surface area contributed by atoms with Crippen LogP contribution in [-0.4, -0.2) is 17.6 Å². The Kier molecular flexibility index (Phi) is 2.50. The van der Waals surface area contributed by atoms with Gasteiger partial charge in [0.1, 0.15) is 0 Å². The van der Waals surface area contributed by atoms with Crippen molar-refractivity contribution in [3.8, 4) is 5.88 Å². The summed E-state index contributed by atoms with van der Waals surface area (Å²) in [5.74, 6) is -0.585. The quantitative estimate of drug-likeness (QED) is 0.669. The van der Waals surface area contributed by atoms with Gasteiger partial charge in [0.2, 0.25) is 5.88 Å². The smallest absolute Gasteiger partial charge is 0.388 e. The third-order valence-electron chi connectivity index (χ3n) is 1.12. The average molecular weight is 191 g/mol. The van der Waals surface area contributed by atoms with Gasteiger partial charge in [0.15, 0.2) is 6.29 Å². The summed E-state index contributed by atoms with van der Waals surface area (Å²) in [7, 11) is 0. The minimum absolute atomic E-state index is 0.189. The van der Waals surface area contributed by atoms with Gasteiger partial charge in [0.05, 0.1) is 0 Å². The van der Waals surface area contributed by atoms with E-state index < -0.39 is 12.2 Å². The van der Waals surface area contributed by atoms with E-state index in [0.29, 0.717) is 6.29 Å². The zero-order chi connectivity index (χ0) is 9.90. The van der Waals surface area contributed by atoms with Crippen molar-refractivity contribution >= 4 is 6.29 Å². The molecular weight excluding hydrogens is 187 g/mol. The standard InChI is InChI=1S/C7H4F3NO2/c8-7(9,10)13-6-2-1-5(4-12)3-11-6/h1-4H. The van der Waals surface area contributed by atoms with Crippen molar-refractivity contribution in [1.29, 1.82) is 0 Å². The fourth-order valence-corrected chi connectivity index (χ4v) is 0.640. The van der Waals surface area contributed by atoms with Crippen LogP contribution in [0.4, 0.5) is 13.2 Å². The van der Waals surface area contributed by atoms with Crippen molar-refractivity contribution in [3.63, 3.8) is 0 Å². The third kappa shape index (κ3) is 3.10. The van der Waals surface area contributed by atoms with E-state index in [1.165, 1.54) is 6.07 Å². The summed E-state index contributed by atoms with van der Waals surface area (Å²) in [5, 5.41) is 0. The number of carbonyl (C=O) groups excluding carboxylic acids is 1. The molecule has 13 heavy (non-hydrogen) atoms. The summed E-state index contributed by atoms with van der Waals surface area (Å²) in [6, 6.07) is 2.15. The molecule has 0 aromatic carbocycles. The molecule has 0 bridgehead atoms. The summed E-state index contributed by atoms with van der Waals surface area (Å²) >= 11 is 0. The molecule has 0 aliphatic heterocycles. The topological polar surface area (TPSA) is 39.2 Å². The number of aldehydes is 1. The minimum Gasteiger partial charge on any atom is -0.388 e. The second kappa shape index (κ2) is 3.42. The molecule has 0 radical (unpaired) electrons. The molecule has 1 aromatic heterocycles. The monoisotopic (exact) mass is 191 g/mol. The molecule has 0 spiro atoms. The molecule has 3 nitrogen and oxygen atoms in total. The molecule has 0 fully saturated rings. The summed E-state index contributed by atoms with van der Waals surface area (Å²) in [5.41, 5.74) is 0.189. The predicted molar refractivity (Wildman–Crippen MR) is 36.3 cm³/mol. The first-order valence-electron chi connectivity index (χ1n) is 3.18. The maximum atomic E-state index is 11.6. The molecule has 0 amide bonds. The van der Waals surface area contributed by atoms with Crippen LogP contribution in [0.1, 0.15) is 10.4 Å². The Morgan fingerprint density at radius 1 is 1.38 bits per heavy atom. The van der Waals surface area contributed by atoms with Crippen LogP contribution in [-0.2, 0) is 0 Å². The minimum atomic E-state index is -4.75. The van der Waals surface area contributed by atoms with Crippen LogP contribution in [0.15, 0.2) is 18.3 Å². The summed E-state index contributed by atoms with van der Waals surface area (Å²) < 4.78 is 38.3. The summed E-state index contributed by atoms with van der Waals surface area (Å²) in [6.45, 7) is 0. The SMILES string of the molecule is O=Cc1ccc(OC(F)(F)F)nc1. The first-order chi connectivity index (χ1) is 6.01. The molecule has 1 heterocycles. The zero-order valence-corrected chi connectivity index (χ0v) is 6.21. The van der Waals surface area contributed by atoms with Gasteiger partial charge < -0.3 is 4.74 Å². The number of hydrogen-bond donors (Lipinski definition) is 0. The molecule has 1 aromatic rings. The van der Waals surface area contributed by atoms with Crippen molar-refractivity contribution in [2.45, 2.75) is 6.36 Å². The van der Waals surface area contributed by atoms with Gasteiger partial charge in [-0.2, -0.15) is 0 Å². The number of nitrogens with zero attached hydrogens (tertiary/aromatic N) is 1. The fourth-order valence-electron chi connectivity index (χ4n) is 0.640. The first-order valence-corrected chi connectivity index (χ1v) is 3.18.